The smallest absolute Gasteiger partial charge is 0.306 e. The van der Waals surface area contributed by atoms with Gasteiger partial charge in [-0.25, -0.2) is 4.98 Å². The Bertz CT molecular complexity index is 1250. The molecule has 178 valence electrons. The summed E-state index contributed by atoms with van der Waals surface area (Å²) < 4.78 is 11.4. The number of H-pyrrole nitrogens is 1. The number of carboxylic acids is 1. The third kappa shape index (κ3) is 4.53. The predicted octanol–water partition coefficient (Wildman–Crippen LogP) is 5.33. The maximum absolute atomic E-state index is 11.2. The van der Waals surface area contributed by atoms with Crippen LogP contribution in [0, 0.1) is 5.92 Å². The molecular weight excluding hydrogens is 479 g/mol. The lowest BCUT2D eigenvalue weighted by molar-refractivity contribution is -0.141. The zero-order valence-corrected chi connectivity index (χ0v) is 19.8. The first-order valence-electron chi connectivity index (χ1n) is 11.2. The number of nitrogens with zero attached hydrogens (tertiary/aromatic N) is 1. The molecule has 1 aliphatic carbocycles. The molecule has 3 heterocycles. The van der Waals surface area contributed by atoms with E-state index in [0.717, 1.165) is 23.1 Å². The molecule has 3 N–H and O–H groups in total. The molecule has 1 unspecified atom stereocenters. The number of aliphatic hydroxyl groups excluding tert-OH is 1. The monoisotopic (exact) mass is 502 g/mol. The molecule has 2 aromatic heterocycles. The fourth-order valence-corrected chi connectivity index (χ4v) is 5.03. The van der Waals surface area contributed by atoms with Crippen LogP contribution in [0.1, 0.15) is 31.2 Å². The molecule has 0 radical (unpaired) electrons. The van der Waals surface area contributed by atoms with E-state index in [2.05, 4.69) is 4.98 Å². The predicted molar refractivity (Wildman–Crippen MR) is 130 cm³/mol. The number of fused-ring (bicyclic) bond motifs is 1. The normalized spacial score (nSPS) is 22.7. The molecule has 1 fully saturated rings. The second-order valence-electron chi connectivity index (χ2n) is 8.71. The fraction of sp³-hybridized carbons (Fsp3) is 0.360. The Labute approximate surface area is 206 Å². The molecule has 0 bridgehead atoms. The number of hydrogen-bond donors (Lipinski definition) is 3. The van der Waals surface area contributed by atoms with E-state index in [1.807, 2.05) is 30.3 Å². The molecule has 0 saturated carbocycles. The summed E-state index contributed by atoms with van der Waals surface area (Å²) >= 11 is 13.1. The zero-order chi connectivity index (χ0) is 23.8. The van der Waals surface area contributed by atoms with Crippen LogP contribution in [0.3, 0.4) is 0 Å². The second kappa shape index (κ2) is 9.58. The van der Waals surface area contributed by atoms with Gasteiger partial charge in [0.2, 0.25) is 5.88 Å². The highest BCUT2D eigenvalue weighted by Crippen LogP contribution is 2.38. The van der Waals surface area contributed by atoms with Gasteiger partial charge < -0.3 is 24.7 Å². The summed E-state index contributed by atoms with van der Waals surface area (Å²) in [4.78, 5) is 19.0. The van der Waals surface area contributed by atoms with Crippen molar-refractivity contribution in [3.63, 3.8) is 0 Å². The van der Waals surface area contributed by atoms with Crippen molar-refractivity contribution >= 4 is 45.8 Å². The van der Waals surface area contributed by atoms with E-state index in [1.54, 1.807) is 6.07 Å². The zero-order valence-electron chi connectivity index (χ0n) is 18.3. The fourth-order valence-electron chi connectivity index (χ4n) is 4.53. The summed E-state index contributed by atoms with van der Waals surface area (Å²) in [5.41, 5.74) is 4.93. The summed E-state index contributed by atoms with van der Waals surface area (Å²) in [5.74, 6) is -0.622. The van der Waals surface area contributed by atoms with Crippen molar-refractivity contribution < 1.29 is 24.5 Å². The Morgan fingerprint density at radius 3 is 2.65 bits per heavy atom. The molecule has 0 amide bonds. The highest BCUT2D eigenvalue weighted by atomic mass is 35.5. The van der Waals surface area contributed by atoms with Crippen LogP contribution in [0.2, 0.25) is 10.0 Å². The Balaban J connectivity index is 1.38. The first-order valence-corrected chi connectivity index (χ1v) is 12.0. The average molecular weight is 503 g/mol. The Kier molecular flexibility index (Phi) is 6.53. The number of ether oxygens (including phenoxy) is 2. The van der Waals surface area contributed by atoms with Crippen molar-refractivity contribution in [1.29, 1.82) is 0 Å². The van der Waals surface area contributed by atoms with Gasteiger partial charge in [-0.05, 0) is 36.5 Å². The van der Waals surface area contributed by atoms with Crippen molar-refractivity contribution in [3.05, 3.63) is 52.0 Å². The van der Waals surface area contributed by atoms with Crippen molar-refractivity contribution in [2.75, 3.05) is 13.2 Å². The van der Waals surface area contributed by atoms with Crippen LogP contribution < -0.4 is 4.74 Å². The minimum absolute atomic E-state index is 0.0419. The summed E-state index contributed by atoms with van der Waals surface area (Å²) in [5, 5.41) is 19.3. The minimum Gasteiger partial charge on any atom is -0.481 e. The number of halogens is 2. The number of carbonyl (C=O) groups is 1. The number of nitrogens with one attached hydrogen (secondary N) is 1. The summed E-state index contributed by atoms with van der Waals surface area (Å²) in [6.45, 7) is 0.343. The number of hydrogen-bond acceptors (Lipinski definition) is 5. The second-order valence-corrected chi connectivity index (χ2v) is 9.50. The Morgan fingerprint density at radius 2 is 2.00 bits per heavy atom. The molecule has 9 heteroatoms. The van der Waals surface area contributed by atoms with Gasteiger partial charge in [-0.15, -0.1) is 0 Å². The molecular formula is C25H24Cl2N2O5. The number of aliphatic carboxylic acids is 1. The van der Waals surface area contributed by atoms with E-state index >= 15 is 0 Å². The highest BCUT2D eigenvalue weighted by molar-refractivity contribution is 6.38. The molecule has 1 aromatic carbocycles. The van der Waals surface area contributed by atoms with Gasteiger partial charge in [-0.1, -0.05) is 53.5 Å². The first-order chi connectivity index (χ1) is 16.4. The van der Waals surface area contributed by atoms with Crippen LogP contribution in [-0.2, 0) is 9.53 Å². The van der Waals surface area contributed by atoms with Gasteiger partial charge in [-0.3, -0.25) is 4.79 Å². The van der Waals surface area contributed by atoms with Crippen LogP contribution in [-0.4, -0.2) is 51.6 Å². The lowest BCUT2D eigenvalue weighted by Crippen LogP contribution is -2.17. The molecule has 1 saturated heterocycles. The van der Waals surface area contributed by atoms with Gasteiger partial charge in [-0.2, -0.15) is 0 Å². The number of pyridine rings is 1. The van der Waals surface area contributed by atoms with Crippen LogP contribution in [0.15, 0.2) is 36.4 Å². The first kappa shape index (κ1) is 23.2. The number of carboxylic acid groups (broad SMARTS) is 1. The summed E-state index contributed by atoms with van der Waals surface area (Å²) in [6, 6.07) is 9.72. The molecule has 3 aromatic rings. The standard InChI is InChI=1S/C25H24Cl2N2O5/c26-19-10-20-23(21(27)24(28-20)34-18-9-17(11-30)33-12-18)29-22(19)15-5-1-13(2-6-15)14-3-7-16(8-4-14)25(31)32/h1-3,5-6,10,16-18,28,30H,4,7-9,11-12H2,(H,31,32)/t16?,17-,18-/m0/s1. The third-order valence-electron chi connectivity index (χ3n) is 6.45. The number of benzene rings is 1. The number of aromatic nitrogens is 2. The van der Waals surface area contributed by atoms with Crippen molar-refractivity contribution in [3.8, 4) is 17.1 Å². The van der Waals surface area contributed by atoms with Crippen molar-refractivity contribution in [2.24, 2.45) is 5.92 Å². The van der Waals surface area contributed by atoms with E-state index in [4.69, 9.17) is 37.7 Å². The van der Waals surface area contributed by atoms with E-state index < -0.39 is 5.97 Å². The third-order valence-corrected chi connectivity index (χ3v) is 7.09. The quantitative estimate of drug-likeness (QED) is 0.420. The molecule has 1 aliphatic heterocycles. The SMILES string of the molecule is O=C(O)C1CC=C(c2ccc(-c3nc4c(Cl)c(O[C@@H]5CO[C@H](CO)C5)[nH]c4cc3Cl)cc2)CC1. The number of allylic oxidation sites excluding steroid dienone is 2. The Hall–Kier alpha value is -2.58. The van der Waals surface area contributed by atoms with Crippen molar-refractivity contribution in [1.82, 2.24) is 9.97 Å². The molecule has 7 nitrogen and oxygen atoms in total. The number of aliphatic hydroxyl groups is 1. The minimum atomic E-state index is -0.732. The van der Waals surface area contributed by atoms with Crippen LogP contribution in [0.25, 0.3) is 27.9 Å². The molecule has 2 aliphatic rings. The Morgan fingerprint density at radius 1 is 1.24 bits per heavy atom. The summed E-state index contributed by atoms with van der Waals surface area (Å²) in [6.07, 6.45) is 4.13. The van der Waals surface area contributed by atoms with E-state index in [-0.39, 0.29) is 24.7 Å². The lowest BCUT2D eigenvalue weighted by Gasteiger charge is -2.19. The van der Waals surface area contributed by atoms with Gasteiger partial charge in [0.1, 0.15) is 16.6 Å². The largest absolute Gasteiger partial charge is 0.481 e. The van der Waals surface area contributed by atoms with Crippen LogP contribution in [0.5, 0.6) is 5.88 Å². The molecule has 34 heavy (non-hydrogen) atoms. The maximum Gasteiger partial charge on any atom is 0.306 e. The van der Waals surface area contributed by atoms with Gasteiger partial charge in [0.05, 0.1) is 41.5 Å². The molecule has 3 atom stereocenters. The maximum atomic E-state index is 11.2. The van der Waals surface area contributed by atoms with E-state index in [0.29, 0.717) is 58.5 Å². The van der Waals surface area contributed by atoms with Crippen molar-refractivity contribution in [2.45, 2.75) is 37.9 Å². The number of aromatic amines is 1. The topological polar surface area (TPSA) is 105 Å². The lowest BCUT2D eigenvalue weighted by atomic mass is 9.86. The van der Waals surface area contributed by atoms with Gasteiger partial charge in [0.25, 0.3) is 0 Å². The van der Waals surface area contributed by atoms with E-state index in [9.17, 15) is 15.0 Å². The van der Waals surface area contributed by atoms with Gasteiger partial charge in [0, 0.05) is 12.0 Å². The summed E-state index contributed by atoms with van der Waals surface area (Å²) in [7, 11) is 0. The van der Waals surface area contributed by atoms with Gasteiger partial charge >= 0.3 is 5.97 Å². The van der Waals surface area contributed by atoms with Crippen LogP contribution in [0.4, 0.5) is 0 Å². The average Bonchev–Trinajstić information content (AvgIpc) is 3.43. The van der Waals surface area contributed by atoms with E-state index in [1.165, 1.54) is 0 Å². The van der Waals surface area contributed by atoms with Gasteiger partial charge in [0.15, 0.2) is 0 Å². The number of rotatable bonds is 6. The molecule has 5 rings (SSSR count). The van der Waals surface area contributed by atoms with Crippen LogP contribution >= 0.6 is 23.2 Å². The highest BCUT2D eigenvalue weighted by Gasteiger charge is 2.28. The molecule has 0 spiro atoms.